The van der Waals surface area contributed by atoms with Gasteiger partial charge in [0, 0.05) is 19.6 Å². The third-order valence-corrected chi connectivity index (χ3v) is 3.38. The molecular weight excluding hydrogens is 220 g/mol. The summed E-state index contributed by atoms with van der Waals surface area (Å²) in [6.45, 7) is 6.64. The van der Waals surface area contributed by atoms with Crippen LogP contribution in [-0.2, 0) is 10.1 Å². The minimum absolute atomic E-state index is 0.151. The van der Waals surface area contributed by atoms with Gasteiger partial charge in [0.15, 0.2) is 0 Å². The summed E-state index contributed by atoms with van der Waals surface area (Å²) in [6.07, 6.45) is -0.151. The number of rotatable bonds is 2. The summed E-state index contributed by atoms with van der Waals surface area (Å²) in [7, 11) is -3.66. The average molecular weight is 238 g/mol. The highest BCUT2D eigenvalue weighted by Gasteiger charge is 2.44. The van der Waals surface area contributed by atoms with Crippen LogP contribution in [0.1, 0.15) is 13.8 Å². The SMILES string of the molecule is CC(O)C1CN2CCN12.CCS(=O)(=O)O. The Morgan fingerprint density at radius 3 is 2.07 bits per heavy atom. The second-order valence-electron chi connectivity index (χ2n) is 3.75. The molecule has 2 aliphatic rings. The fourth-order valence-electron chi connectivity index (χ4n) is 1.54. The van der Waals surface area contributed by atoms with Crippen LogP contribution in [-0.4, -0.2) is 65.6 Å². The highest BCUT2D eigenvalue weighted by molar-refractivity contribution is 7.85. The van der Waals surface area contributed by atoms with Crippen LogP contribution in [0.3, 0.4) is 0 Å². The maximum absolute atomic E-state index is 9.56. The lowest BCUT2D eigenvalue weighted by Gasteiger charge is -2.59. The van der Waals surface area contributed by atoms with Crippen molar-refractivity contribution in [2.45, 2.75) is 26.0 Å². The number of hydrogen-bond acceptors (Lipinski definition) is 5. The van der Waals surface area contributed by atoms with E-state index in [9.17, 15) is 8.42 Å². The van der Waals surface area contributed by atoms with Crippen LogP contribution in [0, 0.1) is 0 Å². The van der Waals surface area contributed by atoms with Gasteiger partial charge in [0.2, 0.25) is 0 Å². The number of hydrogen-bond donors (Lipinski definition) is 2. The predicted molar refractivity (Wildman–Crippen MR) is 55.8 cm³/mol. The second-order valence-corrected chi connectivity index (χ2v) is 5.50. The quantitative estimate of drug-likeness (QED) is 0.612. The van der Waals surface area contributed by atoms with Crippen LogP contribution in [0.2, 0.25) is 0 Å². The van der Waals surface area contributed by atoms with Gasteiger partial charge in [-0.3, -0.25) is 4.55 Å². The predicted octanol–water partition coefficient (Wildman–Crippen LogP) is -0.824. The molecule has 15 heavy (non-hydrogen) atoms. The molecule has 2 fully saturated rings. The van der Waals surface area contributed by atoms with Crippen molar-refractivity contribution >= 4 is 10.1 Å². The molecule has 6 nitrogen and oxygen atoms in total. The Labute approximate surface area is 90.2 Å². The molecule has 0 aromatic heterocycles. The van der Waals surface area contributed by atoms with Crippen LogP contribution in [0.4, 0.5) is 0 Å². The molecule has 2 saturated heterocycles. The van der Waals surface area contributed by atoms with Crippen molar-refractivity contribution in [1.29, 1.82) is 0 Å². The first-order valence-electron chi connectivity index (χ1n) is 5.00. The van der Waals surface area contributed by atoms with Gasteiger partial charge in [0.1, 0.15) is 0 Å². The number of aliphatic hydroxyl groups excluding tert-OH is 1. The minimum atomic E-state index is -3.66. The fraction of sp³-hybridized carbons (Fsp3) is 1.00. The second kappa shape index (κ2) is 4.75. The first kappa shape index (κ1) is 12.9. The van der Waals surface area contributed by atoms with E-state index < -0.39 is 10.1 Å². The van der Waals surface area contributed by atoms with E-state index in [1.807, 2.05) is 6.92 Å². The topological polar surface area (TPSA) is 81.1 Å². The Balaban J connectivity index is 0.000000167. The Hall–Kier alpha value is -0.210. The zero-order chi connectivity index (χ0) is 11.6. The molecule has 2 heterocycles. The van der Waals surface area contributed by atoms with Crippen molar-refractivity contribution in [3.63, 3.8) is 0 Å². The van der Waals surface area contributed by atoms with E-state index in [1.54, 1.807) is 0 Å². The Morgan fingerprint density at radius 1 is 1.47 bits per heavy atom. The van der Waals surface area contributed by atoms with Gasteiger partial charge >= 0.3 is 0 Å². The van der Waals surface area contributed by atoms with Crippen molar-refractivity contribution < 1.29 is 18.1 Å². The lowest BCUT2D eigenvalue weighted by Crippen LogP contribution is -2.76. The molecule has 0 bridgehead atoms. The summed E-state index contributed by atoms with van der Waals surface area (Å²) in [4.78, 5) is 0. The van der Waals surface area contributed by atoms with Crippen molar-refractivity contribution in [3.8, 4) is 0 Å². The molecular formula is C8H18N2O4S. The van der Waals surface area contributed by atoms with E-state index in [0.29, 0.717) is 6.04 Å². The summed E-state index contributed by atoms with van der Waals surface area (Å²) in [5.74, 6) is -0.201. The molecule has 0 spiro atoms. The number of nitrogens with zero attached hydrogens (tertiary/aromatic N) is 2. The molecule has 0 aromatic rings. The molecule has 7 heteroatoms. The summed E-state index contributed by atoms with van der Waals surface area (Å²) >= 11 is 0. The van der Waals surface area contributed by atoms with Gasteiger partial charge < -0.3 is 5.11 Å². The van der Waals surface area contributed by atoms with Gasteiger partial charge in [-0.25, -0.2) is 10.0 Å². The number of hydrazine groups is 1. The number of aliphatic hydroxyl groups is 1. The van der Waals surface area contributed by atoms with Crippen molar-refractivity contribution in [2.75, 3.05) is 25.4 Å². The average Bonchev–Trinajstić information content (AvgIpc) is 2.09. The molecule has 0 amide bonds. The smallest absolute Gasteiger partial charge is 0.264 e. The zero-order valence-electron chi connectivity index (χ0n) is 9.00. The normalized spacial score (nSPS) is 27.9. The maximum atomic E-state index is 9.56. The van der Waals surface area contributed by atoms with E-state index in [4.69, 9.17) is 9.66 Å². The number of piperazine rings is 1. The van der Waals surface area contributed by atoms with E-state index in [-0.39, 0.29) is 11.9 Å². The number of fused-ring (bicyclic) bond motifs is 1. The summed E-state index contributed by atoms with van der Waals surface area (Å²) in [6, 6.07) is 0.429. The summed E-state index contributed by atoms with van der Waals surface area (Å²) in [5, 5.41) is 13.6. The van der Waals surface area contributed by atoms with Crippen LogP contribution < -0.4 is 0 Å². The van der Waals surface area contributed by atoms with Gasteiger partial charge in [0.25, 0.3) is 10.1 Å². The maximum Gasteiger partial charge on any atom is 0.264 e. The first-order chi connectivity index (χ1) is 6.85. The minimum Gasteiger partial charge on any atom is -0.392 e. The molecule has 2 aliphatic heterocycles. The molecule has 2 N–H and O–H groups in total. The van der Waals surface area contributed by atoms with Gasteiger partial charge in [-0.05, 0) is 13.8 Å². The van der Waals surface area contributed by atoms with Crippen molar-refractivity contribution in [3.05, 3.63) is 0 Å². The Morgan fingerprint density at radius 2 is 2.00 bits per heavy atom. The highest BCUT2D eigenvalue weighted by Crippen LogP contribution is 2.26. The van der Waals surface area contributed by atoms with Gasteiger partial charge in [0.05, 0.1) is 17.9 Å². The van der Waals surface area contributed by atoms with E-state index >= 15 is 0 Å². The Kier molecular flexibility index (Phi) is 4.07. The molecule has 2 unspecified atom stereocenters. The standard InChI is InChI=1S/C6H12N2O.C2H6O3S/c1-5(9)6-4-7-2-3-8(6)7;1-2-6(3,4)5/h5-6,9H,2-4H2,1H3;2H2,1H3,(H,3,4,5). The van der Waals surface area contributed by atoms with E-state index in [2.05, 4.69) is 10.0 Å². The van der Waals surface area contributed by atoms with Crippen LogP contribution in [0.15, 0.2) is 0 Å². The van der Waals surface area contributed by atoms with Gasteiger partial charge in [-0.15, -0.1) is 0 Å². The molecule has 0 aromatic carbocycles. The molecule has 2 rings (SSSR count). The summed E-state index contributed by atoms with van der Waals surface area (Å²) < 4.78 is 26.9. The van der Waals surface area contributed by atoms with Crippen LogP contribution >= 0.6 is 0 Å². The Bertz CT molecular complexity index is 304. The fourth-order valence-corrected chi connectivity index (χ4v) is 1.54. The molecule has 0 saturated carbocycles. The third kappa shape index (κ3) is 3.39. The summed E-state index contributed by atoms with van der Waals surface area (Å²) in [5.41, 5.74) is 0. The van der Waals surface area contributed by atoms with Crippen molar-refractivity contribution in [1.82, 2.24) is 10.0 Å². The highest BCUT2D eigenvalue weighted by atomic mass is 32.2. The van der Waals surface area contributed by atoms with E-state index in [0.717, 1.165) is 13.1 Å². The lowest BCUT2D eigenvalue weighted by atomic mass is 10.0. The third-order valence-electron chi connectivity index (χ3n) is 2.65. The largest absolute Gasteiger partial charge is 0.392 e. The van der Waals surface area contributed by atoms with Crippen molar-refractivity contribution in [2.24, 2.45) is 0 Å². The van der Waals surface area contributed by atoms with Gasteiger partial charge in [-0.1, -0.05) is 0 Å². The lowest BCUT2D eigenvalue weighted by molar-refractivity contribution is -0.254. The van der Waals surface area contributed by atoms with Gasteiger partial charge in [-0.2, -0.15) is 8.42 Å². The zero-order valence-corrected chi connectivity index (χ0v) is 9.81. The monoisotopic (exact) mass is 238 g/mol. The van der Waals surface area contributed by atoms with Crippen LogP contribution in [0.25, 0.3) is 0 Å². The first-order valence-corrected chi connectivity index (χ1v) is 6.60. The molecule has 0 radical (unpaired) electrons. The molecule has 90 valence electrons. The van der Waals surface area contributed by atoms with E-state index in [1.165, 1.54) is 13.5 Å². The van der Waals surface area contributed by atoms with Crippen LogP contribution in [0.5, 0.6) is 0 Å². The molecule has 0 aliphatic carbocycles. The molecule has 2 atom stereocenters.